The van der Waals surface area contributed by atoms with Gasteiger partial charge in [-0.2, -0.15) is 10.2 Å². The van der Waals surface area contributed by atoms with Crippen molar-refractivity contribution >= 4 is 34.9 Å². The number of halogens is 1. The van der Waals surface area contributed by atoms with Crippen LogP contribution in [0.1, 0.15) is 31.9 Å². The quantitative estimate of drug-likeness (QED) is 0.626. The van der Waals surface area contributed by atoms with Gasteiger partial charge >= 0.3 is 11.9 Å². The molecule has 1 aliphatic rings. The second kappa shape index (κ2) is 8.89. The lowest BCUT2D eigenvalue weighted by atomic mass is 9.76. The van der Waals surface area contributed by atoms with Crippen molar-refractivity contribution in [1.29, 1.82) is 0 Å². The van der Waals surface area contributed by atoms with E-state index in [0.29, 0.717) is 10.7 Å². The molecule has 0 fully saturated rings. The average molecular weight is 447 g/mol. The second-order valence-corrected chi connectivity index (χ2v) is 7.47. The number of anilines is 1. The van der Waals surface area contributed by atoms with E-state index in [1.807, 2.05) is 0 Å². The summed E-state index contributed by atoms with van der Waals surface area (Å²) in [5.41, 5.74) is -1.36. The number of hydrazone groups is 1. The Balaban J connectivity index is 2.19. The van der Waals surface area contributed by atoms with Gasteiger partial charge in [0.15, 0.2) is 5.71 Å². The predicted molar refractivity (Wildman–Crippen MR) is 116 cm³/mol. The van der Waals surface area contributed by atoms with Gasteiger partial charge in [0.05, 0.1) is 37.2 Å². The molecule has 0 bridgehead atoms. The molecule has 0 spiro atoms. The van der Waals surface area contributed by atoms with Crippen LogP contribution in [-0.2, 0) is 31.0 Å². The molecule has 2 aromatic rings. The fourth-order valence-electron chi connectivity index (χ4n) is 3.41. The van der Waals surface area contributed by atoms with Crippen LogP contribution in [0.5, 0.6) is 0 Å². The highest BCUT2D eigenvalue weighted by atomic mass is 35.5. The van der Waals surface area contributed by atoms with E-state index < -0.39 is 22.9 Å². The Bertz CT molecular complexity index is 1100. The smallest absolute Gasteiger partial charge is 0.356 e. The molecule has 3 rings (SSSR count). The molecule has 1 aromatic heterocycles. The summed E-state index contributed by atoms with van der Waals surface area (Å²) < 4.78 is 11.6. The number of carbonyl (C=O) groups excluding carboxylic acids is 2. The molecule has 2 heterocycles. The molecule has 0 N–H and O–H groups in total. The molecule has 1 aliphatic heterocycles. The van der Waals surface area contributed by atoms with Gasteiger partial charge in [-0.25, -0.2) is 9.48 Å². The molecule has 31 heavy (non-hydrogen) atoms. The van der Waals surface area contributed by atoms with Gasteiger partial charge in [0.1, 0.15) is 5.41 Å². The maximum Gasteiger partial charge on any atom is 0.356 e. The molecule has 10 heteroatoms. The number of fused-ring (bicyclic) bond motifs is 1. The van der Waals surface area contributed by atoms with Crippen LogP contribution in [0.3, 0.4) is 0 Å². The zero-order valence-electron chi connectivity index (χ0n) is 17.7. The normalized spacial score (nSPS) is 17.6. The SMILES string of the molecule is CCOC(=O)C1=NN(C)c2cnn(Cc3ccc(Cl)cc3)c(=O)c2C1(C)C(=O)OCC. The largest absolute Gasteiger partial charge is 0.465 e. The Morgan fingerprint density at radius 1 is 1.13 bits per heavy atom. The summed E-state index contributed by atoms with van der Waals surface area (Å²) in [7, 11) is 1.56. The van der Waals surface area contributed by atoms with E-state index in [1.165, 1.54) is 22.8 Å². The van der Waals surface area contributed by atoms with Gasteiger partial charge in [-0.15, -0.1) is 0 Å². The van der Waals surface area contributed by atoms with Crippen LogP contribution < -0.4 is 10.6 Å². The highest BCUT2D eigenvalue weighted by Gasteiger charge is 2.52. The molecule has 0 amide bonds. The van der Waals surface area contributed by atoms with Crippen LogP contribution in [0, 0.1) is 0 Å². The van der Waals surface area contributed by atoms with E-state index in [4.69, 9.17) is 21.1 Å². The summed E-state index contributed by atoms with van der Waals surface area (Å²) in [5.74, 6) is -1.56. The minimum atomic E-state index is -1.76. The zero-order valence-corrected chi connectivity index (χ0v) is 18.5. The monoisotopic (exact) mass is 446 g/mol. The summed E-state index contributed by atoms with van der Waals surface area (Å²) in [6, 6.07) is 6.97. The van der Waals surface area contributed by atoms with Crippen molar-refractivity contribution in [3.8, 4) is 0 Å². The van der Waals surface area contributed by atoms with Crippen molar-refractivity contribution < 1.29 is 19.1 Å². The van der Waals surface area contributed by atoms with Crippen molar-refractivity contribution in [1.82, 2.24) is 9.78 Å². The highest BCUT2D eigenvalue weighted by molar-refractivity contribution is 6.45. The van der Waals surface area contributed by atoms with Crippen LogP contribution in [-0.4, -0.2) is 47.7 Å². The van der Waals surface area contributed by atoms with Gasteiger partial charge < -0.3 is 9.47 Å². The van der Waals surface area contributed by atoms with E-state index >= 15 is 0 Å². The van der Waals surface area contributed by atoms with Crippen LogP contribution >= 0.6 is 11.6 Å². The van der Waals surface area contributed by atoms with Crippen LogP contribution in [0.4, 0.5) is 5.69 Å². The molecule has 0 radical (unpaired) electrons. The van der Waals surface area contributed by atoms with Crippen molar-refractivity contribution in [2.45, 2.75) is 32.7 Å². The summed E-state index contributed by atoms with van der Waals surface area (Å²) in [4.78, 5) is 39.2. The minimum Gasteiger partial charge on any atom is -0.465 e. The van der Waals surface area contributed by atoms with Gasteiger partial charge in [-0.1, -0.05) is 23.7 Å². The predicted octanol–water partition coefficient (Wildman–Crippen LogP) is 2.13. The molecular formula is C21H23ClN4O5. The van der Waals surface area contributed by atoms with E-state index in [1.54, 1.807) is 45.2 Å². The van der Waals surface area contributed by atoms with Crippen molar-refractivity contribution in [3.05, 3.63) is 57.0 Å². The number of rotatable bonds is 6. The molecule has 1 aromatic carbocycles. The Morgan fingerprint density at radius 3 is 2.39 bits per heavy atom. The van der Waals surface area contributed by atoms with Gasteiger partial charge in [-0.05, 0) is 38.5 Å². The van der Waals surface area contributed by atoms with Crippen LogP contribution in [0.25, 0.3) is 0 Å². The van der Waals surface area contributed by atoms with Crippen molar-refractivity contribution in [2.24, 2.45) is 5.10 Å². The number of hydrogen-bond acceptors (Lipinski definition) is 8. The molecule has 0 saturated heterocycles. The third kappa shape index (κ3) is 4.05. The first-order valence-electron chi connectivity index (χ1n) is 9.76. The summed E-state index contributed by atoms with van der Waals surface area (Å²) in [5, 5.41) is 10.4. The first-order valence-corrected chi connectivity index (χ1v) is 10.1. The summed E-state index contributed by atoms with van der Waals surface area (Å²) >= 11 is 5.93. The standard InChI is InChI=1S/C21H23ClN4O5/c1-5-30-19(28)17-21(3,20(29)31-6-2)16-15(25(4)24-17)11-23-26(18(16)27)12-13-7-9-14(22)10-8-13/h7-11H,5-6,12H2,1-4H3. The van der Waals surface area contributed by atoms with E-state index in [0.717, 1.165) is 5.56 Å². The minimum absolute atomic E-state index is 0.0514. The van der Waals surface area contributed by atoms with E-state index in [2.05, 4.69) is 10.2 Å². The molecular weight excluding hydrogens is 424 g/mol. The van der Waals surface area contributed by atoms with Crippen molar-refractivity contribution in [3.63, 3.8) is 0 Å². The van der Waals surface area contributed by atoms with E-state index in [9.17, 15) is 14.4 Å². The highest BCUT2D eigenvalue weighted by Crippen LogP contribution is 2.36. The van der Waals surface area contributed by atoms with Crippen LogP contribution in [0.15, 0.2) is 40.4 Å². The maximum absolute atomic E-state index is 13.5. The molecule has 1 atom stereocenters. The number of ether oxygens (including phenoxy) is 2. The van der Waals surface area contributed by atoms with E-state index in [-0.39, 0.29) is 31.0 Å². The van der Waals surface area contributed by atoms with Crippen LogP contribution in [0.2, 0.25) is 5.02 Å². The molecule has 0 saturated carbocycles. The molecule has 0 aliphatic carbocycles. The maximum atomic E-state index is 13.5. The summed E-state index contributed by atoms with van der Waals surface area (Å²) in [6.07, 6.45) is 1.44. The van der Waals surface area contributed by atoms with Crippen molar-refractivity contribution in [2.75, 3.05) is 25.3 Å². The number of carbonyl (C=O) groups is 2. The van der Waals surface area contributed by atoms with Gasteiger partial charge in [0, 0.05) is 12.1 Å². The number of aromatic nitrogens is 2. The Hall–Kier alpha value is -3.20. The lowest BCUT2D eigenvalue weighted by Gasteiger charge is -2.35. The Morgan fingerprint density at radius 2 is 1.77 bits per heavy atom. The summed E-state index contributed by atoms with van der Waals surface area (Å²) in [6.45, 7) is 5.04. The molecule has 164 valence electrons. The van der Waals surface area contributed by atoms with Gasteiger partial charge in [-0.3, -0.25) is 14.6 Å². The molecule has 9 nitrogen and oxygen atoms in total. The topological polar surface area (TPSA) is 103 Å². The lowest BCUT2D eigenvalue weighted by molar-refractivity contribution is -0.148. The fourth-order valence-corrected chi connectivity index (χ4v) is 3.54. The Kier molecular flexibility index (Phi) is 6.45. The number of benzene rings is 1. The Labute approximate surface area is 184 Å². The number of nitrogens with zero attached hydrogens (tertiary/aromatic N) is 4. The second-order valence-electron chi connectivity index (χ2n) is 7.03. The number of esters is 2. The average Bonchev–Trinajstić information content (AvgIpc) is 2.74. The molecule has 1 unspecified atom stereocenters. The third-order valence-electron chi connectivity index (χ3n) is 4.99. The van der Waals surface area contributed by atoms with Gasteiger partial charge in [0.2, 0.25) is 0 Å². The first kappa shape index (κ1) is 22.5. The zero-order chi connectivity index (χ0) is 22.8. The third-order valence-corrected chi connectivity index (χ3v) is 5.25. The van der Waals surface area contributed by atoms with Gasteiger partial charge in [0.25, 0.3) is 5.56 Å². The number of hydrogen-bond donors (Lipinski definition) is 0. The fraction of sp³-hybridized carbons (Fsp3) is 0.381. The lowest BCUT2D eigenvalue weighted by Crippen LogP contribution is -2.54. The first-order chi connectivity index (χ1) is 14.7.